The van der Waals surface area contributed by atoms with E-state index in [1.807, 2.05) is 0 Å². The smallest absolute Gasteiger partial charge is 0.447 e. The maximum atomic E-state index is 12.2. The summed E-state index contributed by atoms with van der Waals surface area (Å²) in [4.78, 5) is 14.7. The van der Waals surface area contributed by atoms with Gasteiger partial charge in [-0.15, -0.1) is 3.89 Å². The highest BCUT2D eigenvalue weighted by molar-refractivity contribution is 9.10. The first-order valence-corrected chi connectivity index (χ1v) is 5.62. The quantitative estimate of drug-likeness (QED) is 0.632. The molecule has 0 unspecified atom stereocenters. The summed E-state index contributed by atoms with van der Waals surface area (Å²) in [6.07, 6.45) is 0.560. The van der Waals surface area contributed by atoms with Gasteiger partial charge in [0.15, 0.2) is 0 Å². The average molecular weight is 313 g/mol. The summed E-state index contributed by atoms with van der Waals surface area (Å²) in [7, 11) is 0. The summed E-state index contributed by atoms with van der Waals surface area (Å²) >= 11 is 2.37. The molecule has 0 atom stereocenters. The highest BCUT2D eigenvalue weighted by atomic mass is 79.9. The van der Waals surface area contributed by atoms with Crippen LogP contribution in [0.5, 0.6) is 0 Å². The van der Waals surface area contributed by atoms with E-state index < -0.39 is 23.0 Å². The Kier molecular flexibility index (Phi) is 5.47. The van der Waals surface area contributed by atoms with E-state index in [2.05, 4.69) is 25.7 Å². The standard InChI is InChI=1S/C8H7BrF2N2O2S/c9-6-1-2-7(12-5-6)3-4-15-8(14)13(10)16-11/h1-2,5H,3-4H2. The summed E-state index contributed by atoms with van der Waals surface area (Å²) in [5.41, 5.74) is 0.689. The van der Waals surface area contributed by atoms with Crippen LogP contribution in [-0.2, 0) is 11.2 Å². The van der Waals surface area contributed by atoms with Gasteiger partial charge in [0, 0.05) is 22.8 Å². The number of carbonyl (C=O) groups is 1. The minimum atomic E-state index is -1.37. The fraction of sp³-hybridized carbons (Fsp3) is 0.250. The molecule has 0 saturated heterocycles. The van der Waals surface area contributed by atoms with Gasteiger partial charge in [0.2, 0.25) is 12.3 Å². The van der Waals surface area contributed by atoms with E-state index >= 15 is 0 Å². The molecule has 0 N–H and O–H groups in total. The van der Waals surface area contributed by atoms with Gasteiger partial charge in [-0.3, -0.25) is 4.98 Å². The third kappa shape index (κ3) is 4.31. The van der Waals surface area contributed by atoms with Crippen LogP contribution in [0.4, 0.5) is 13.2 Å². The third-order valence-electron chi connectivity index (χ3n) is 1.58. The molecule has 0 aliphatic heterocycles. The molecule has 0 aromatic carbocycles. The Labute approximate surface area is 103 Å². The molecule has 88 valence electrons. The summed E-state index contributed by atoms with van der Waals surface area (Å²) in [6, 6.07) is 3.51. The first kappa shape index (κ1) is 13.2. The number of ether oxygens (including phenoxy) is 1. The second kappa shape index (κ2) is 6.64. The fourth-order valence-corrected chi connectivity index (χ4v) is 1.22. The number of pyridine rings is 1. The monoisotopic (exact) mass is 312 g/mol. The van der Waals surface area contributed by atoms with Gasteiger partial charge < -0.3 is 4.74 Å². The Hall–Kier alpha value is -0.890. The molecular formula is C8H7BrF2N2O2S. The molecule has 0 aliphatic rings. The number of nitrogens with zero attached hydrogens (tertiary/aromatic N) is 2. The van der Waals surface area contributed by atoms with Crippen molar-refractivity contribution >= 4 is 34.4 Å². The Morgan fingerprint density at radius 3 is 2.94 bits per heavy atom. The molecule has 4 nitrogen and oxygen atoms in total. The molecule has 0 saturated carbocycles. The highest BCUT2D eigenvalue weighted by Gasteiger charge is 2.15. The average Bonchev–Trinajstić information content (AvgIpc) is 2.30. The molecular weight excluding hydrogens is 306 g/mol. The maximum Gasteiger partial charge on any atom is 0.451 e. The number of rotatable bonds is 4. The van der Waals surface area contributed by atoms with Crippen molar-refractivity contribution in [3.63, 3.8) is 0 Å². The number of hydrogen-bond donors (Lipinski definition) is 0. The second-order valence-electron chi connectivity index (χ2n) is 2.65. The molecule has 0 aliphatic carbocycles. The van der Waals surface area contributed by atoms with Crippen LogP contribution < -0.4 is 0 Å². The molecule has 0 fully saturated rings. The van der Waals surface area contributed by atoms with Crippen LogP contribution in [0.2, 0.25) is 0 Å². The molecule has 1 amide bonds. The lowest BCUT2D eigenvalue weighted by Crippen LogP contribution is -2.17. The Balaban J connectivity index is 2.30. The molecule has 16 heavy (non-hydrogen) atoms. The minimum absolute atomic E-state index is 0.0611. The van der Waals surface area contributed by atoms with E-state index in [0.717, 1.165) is 4.47 Å². The predicted octanol–water partition coefficient (Wildman–Crippen LogP) is 3.24. The van der Waals surface area contributed by atoms with Gasteiger partial charge in [-0.1, -0.05) is 4.48 Å². The minimum Gasteiger partial charge on any atom is -0.447 e. The van der Waals surface area contributed by atoms with E-state index in [-0.39, 0.29) is 6.61 Å². The number of aromatic nitrogens is 1. The molecule has 0 bridgehead atoms. The molecule has 1 aromatic heterocycles. The zero-order valence-corrected chi connectivity index (χ0v) is 10.3. The molecule has 1 aromatic rings. The molecule has 1 rings (SSSR count). The largest absolute Gasteiger partial charge is 0.451 e. The Morgan fingerprint density at radius 2 is 2.38 bits per heavy atom. The number of hydrogen-bond acceptors (Lipinski definition) is 4. The number of carbonyl (C=O) groups excluding carboxylic acids is 1. The van der Waals surface area contributed by atoms with E-state index in [0.29, 0.717) is 12.1 Å². The van der Waals surface area contributed by atoms with Crippen molar-refractivity contribution in [1.82, 2.24) is 9.51 Å². The maximum absolute atomic E-state index is 12.2. The lowest BCUT2D eigenvalue weighted by molar-refractivity contribution is 0.0745. The SMILES string of the molecule is O=C(OCCc1ccc(Br)cn1)N(F)SF. The van der Waals surface area contributed by atoms with Crippen molar-refractivity contribution in [3.05, 3.63) is 28.5 Å². The topological polar surface area (TPSA) is 42.4 Å². The fourth-order valence-electron chi connectivity index (χ4n) is 0.876. The first-order chi connectivity index (χ1) is 7.63. The van der Waals surface area contributed by atoms with Crippen LogP contribution in [0.1, 0.15) is 5.69 Å². The number of amides is 1. The van der Waals surface area contributed by atoms with Gasteiger partial charge >= 0.3 is 6.09 Å². The van der Waals surface area contributed by atoms with Gasteiger partial charge in [-0.05, 0) is 32.6 Å². The lowest BCUT2D eigenvalue weighted by Gasteiger charge is -2.06. The second-order valence-corrected chi connectivity index (χ2v) is 4.02. The van der Waals surface area contributed by atoms with Gasteiger partial charge in [0.1, 0.15) is 0 Å². The van der Waals surface area contributed by atoms with Crippen LogP contribution in [0.3, 0.4) is 0 Å². The van der Waals surface area contributed by atoms with Gasteiger partial charge in [-0.2, -0.15) is 0 Å². The summed E-state index contributed by atoms with van der Waals surface area (Å²) < 4.78 is 28.3. The summed E-state index contributed by atoms with van der Waals surface area (Å²) in [6.45, 7) is -0.0611. The summed E-state index contributed by atoms with van der Waals surface area (Å²) in [5, 5.41) is 0. The zero-order valence-electron chi connectivity index (χ0n) is 7.90. The van der Waals surface area contributed by atoms with E-state index in [1.165, 1.54) is 0 Å². The first-order valence-electron chi connectivity index (χ1n) is 4.15. The van der Waals surface area contributed by atoms with E-state index in [9.17, 15) is 13.2 Å². The van der Waals surface area contributed by atoms with Crippen LogP contribution in [0.25, 0.3) is 0 Å². The van der Waals surface area contributed by atoms with Crippen molar-refractivity contribution in [2.75, 3.05) is 6.61 Å². The molecule has 0 radical (unpaired) electrons. The molecule has 0 spiro atoms. The third-order valence-corrected chi connectivity index (χ3v) is 2.32. The van der Waals surface area contributed by atoms with Crippen molar-refractivity contribution in [3.8, 4) is 0 Å². The van der Waals surface area contributed by atoms with Crippen LogP contribution >= 0.6 is 28.3 Å². The van der Waals surface area contributed by atoms with Crippen LogP contribution in [0.15, 0.2) is 22.8 Å². The molecule has 8 heteroatoms. The highest BCUT2D eigenvalue weighted by Crippen LogP contribution is 2.12. The van der Waals surface area contributed by atoms with E-state index in [4.69, 9.17) is 0 Å². The normalized spacial score (nSPS) is 9.94. The van der Waals surface area contributed by atoms with Crippen molar-refractivity contribution in [2.45, 2.75) is 6.42 Å². The summed E-state index contributed by atoms with van der Waals surface area (Å²) in [5.74, 6) is 0. The molecule has 1 heterocycles. The Bertz CT molecular complexity index is 352. The Morgan fingerprint density at radius 1 is 1.62 bits per heavy atom. The predicted molar refractivity (Wildman–Crippen MR) is 58.6 cm³/mol. The van der Waals surface area contributed by atoms with E-state index in [1.54, 1.807) is 18.3 Å². The van der Waals surface area contributed by atoms with Gasteiger partial charge in [0.05, 0.1) is 6.61 Å². The van der Waals surface area contributed by atoms with Crippen molar-refractivity contribution in [1.29, 1.82) is 0 Å². The van der Waals surface area contributed by atoms with Crippen LogP contribution in [-0.4, -0.2) is 22.2 Å². The lowest BCUT2D eigenvalue weighted by atomic mass is 10.3. The van der Waals surface area contributed by atoms with Gasteiger partial charge in [-0.25, -0.2) is 4.79 Å². The van der Waals surface area contributed by atoms with Crippen molar-refractivity contribution < 1.29 is 17.9 Å². The number of halogens is 3. The van der Waals surface area contributed by atoms with Crippen molar-refractivity contribution in [2.24, 2.45) is 0 Å². The van der Waals surface area contributed by atoms with Gasteiger partial charge in [0.25, 0.3) is 0 Å². The van der Waals surface area contributed by atoms with Crippen LogP contribution in [0, 0.1) is 0 Å². The zero-order chi connectivity index (χ0) is 12.0.